The molecule has 0 saturated carbocycles. The van der Waals surface area contributed by atoms with Crippen LogP contribution in [0, 0.1) is 0 Å². The van der Waals surface area contributed by atoms with Crippen molar-refractivity contribution in [1.82, 2.24) is 15.5 Å². The lowest BCUT2D eigenvalue weighted by molar-refractivity contribution is -0.136. The molecular weight excluding hydrogens is 266 g/mol. The molecule has 1 aromatic rings. The molecule has 2 fully saturated rings. The Balaban J connectivity index is 1.76. The number of carbonyl (C=O) groups is 2. The molecule has 21 heavy (non-hydrogen) atoms. The van der Waals surface area contributed by atoms with Crippen LogP contribution in [0.1, 0.15) is 30.9 Å². The van der Waals surface area contributed by atoms with Crippen molar-refractivity contribution in [2.45, 2.75) is 31.3 Å². The van der Waals surface area contributed by atoms with Crippen LogP contribution in [-0.4, -0.2) is 42.4 Å². The van der Waals surface area contributed by atoms with Crippen LogP contribution in [0.4, 0.5) is 0 Å². The standard InChI is InChI=1S/C16H21N3O2/c20-15-11-19(13-6-8-17-9-7-13)16(21)10-14(18-15)12-4-2-1-3-5-12/h1-5,13-14,17H,6-11H2,(H,18,20)/t14-/m1/s1. The van der Waals surface area contributed by atoms with Crippen molar-refractivity contribution < 1.29 is 9.59 Å². The van der Waals surface area contributed by atoms with E-state index in [0.717, 1.165) is 31.5 Å². The number of rotatable bonds is 2. The van der Waals surface area contributed by atoms with Gasteiger partial charge in [-0.25, -0.2) is 0 Å². The summed E-state index contributed by atoms with van der Waals surface area (Å²) in [5.74, 6) is 0.0161. The zero-order valence-corrected chi connectivity index (χ0v) is 12.0. The Bertz CT molecular complexity index is 512. The molecule has 1 atom stereocenters. The molecule has 1 aromatic carbocycles. The largest absolute Gasteiger partial charge is 0.347 e. The number of amides is 2. The first-order chi connectivity index (χ1) is 10.2. The number of nitrogens with one attached hydrogen (secondary N) is 2. The number of hydrogen-bond donors (Lipinski definition) is 2. The second kappa shape index (κ2) is 6.26. The fraction of sp³-hybridized carbons (Fsp3) is 0.500. The van der Waals surface area contributed by atoms with E-state index in [-0.39, 0.29) is 30.4 Å². The molecule has 3 rings (SSSR count). The molecule has 5 heteroatoms. The molecule has 0 aliphatic carbocycles. The SMILES string of the molecule is O=C1CN(C2CCNCC2)C(=O)C[C@H](c2ccccc2)N1. The van der Waals surface area contributed by atoms with Crippen molar-refractivity contribution >= 4 is 11.8 Å². The average molecular weight is 287 g/mol. The summed E-state index contributed by atoms with van der Waals surface area (Å²) in [6.07, 6.45) is 2.20. The molecule has 2 N–H and O–H groups in total. The van der Waals surface area contributed by atoms with Gasteiger partial charge in [0.1, 0.15) is 0 Å². The van der Waals surface area contributed by atoms with Gasteiger partial charge < -0.3 is 15.5 Å². The van der Waals surface area contributed by atoms with Crippen LogP contribution < -0.4 is 10.6 Å². The smallest absolute Gasteiger partial charge is 0.240 e. The van der Waals surface area contributed by atoms with Crippen molar-refractivity contribution in [1.29, 1.82) is 0 Å². The van der Waals surface area contributed by atoms with E-state index in [1.54, 1.807) is 4.90 Å². The summed E-state index contributed by atoms with van der Waals surface area (Å²) >= 11 is 0. The summed E-state index contributed by atoms with van der Waals surface area (Å²) in [6.45, 7) is 2.02. The third kappa shape index (κ3) is 3.24. The van der Waals surface area contributed by atoms with E-state index >= 15 is 0 Å². The van der Waals surface area contributed by atoms with Gasteiger partial charge in [0.05, 0.1) is 19.0 Å². The summed E-state index contributed by atoms with van der Waals surface area (Å²) < 4.78 is 0. The molecule has 0 spiro atoms. The van der Waals surface area contributed by atoms with E-state index in [2.05, 4.69) is 10.6 Å². The van der Waals surface area contributed by atoms with Gasteiger partial charge in [-0.2, -0.15) is 0 Å². The van der Waals surface area contributed by atoms with Crippen LogP contribution in [-0.2, 0) is 9.59 Å². The lowest BCUT2D eigenvalue weighted by Crippen LogP contribution is -2.47. The van der Waals surface area contributed by atoms with E-state index in [9.17, 15) is 9.59 Å². The lowest BCUT2D eigenvalue weighted by atomic mass is 10.0. The summed E-state index contributed by atoms with van der Waals surface area (Å²) in [4.78, 5) is 26.5. The van der Waals surface area contributed by atoms with Crippen LogP contribution in [0.25, 0.3) is 0 Å². The maximum absolute atomic E-state index is 12.6. The maximum atomic E-state index is 12.6. The average Bonchev–Trinajstić information content (AvgIpc) is 2.68. The molecule has 112 valence electrons. The fourth-order valence-corrected chi connectivity index (χ4v) is 3.16. The maximum Gasteiger partial charge on any atom is 0.240 e. The van der Waals surface area contributed by atoms with E-state index in [4.69, 9.17) is 0 Å². The zero-order chi connectivity index (χ0) is 14.7. The predicted octanol–water partition coefficient (Wildman–Crippen LogP) is 0.828. The third-order valence-corrected chi connectivity index (χ3v) is 4.30. The van der Waals surface area contributed by atoms with Crippen LogP contribution in [0.2, 0.25) is 0 Å². The van der Waals surface area contributed by atoms with Crippen LogP contribution in [0.3, 0.4) is 0 Å². The van der Waals surface area contributed by atoms with Gasteiger partial charge in [-0.3, -0.25) is 9.59 Å². The summed E-state index contributed by atoms with van der Waals surface area (Å²) in [7, 11) is 0. The lowest BCUT2D eigenvalue weighted by Gasteiger charge is -2.33. The fourth-order valence-electron chi connectivity index (χ4n) is 3.16. The highest BCUT2D eigenvalue weighted by atomic mass is 16.2. The monoisotopic (exact) mass is 287 g/mol. The number of hydrogen-bond acceptors (Lipinski definition) is 3. The third-order valence-electron chi connectivity index (χ3n) is 4.30. The van der Waals surface area contributed by atoms with Crippen LogP contribution in [0.15, 0.2) is 30.3 Å². The highest BCUT2D eigenvalue weighted by Crippen LogP contribution is 2.23. The number of carbonyl (C=O) groups excluding carboxylic acids is 2. The first kappa shape index (κ1) is 14.1. The summed E-state index contributed by atoms with van der Waals surface area (Å²) in [5, 5.41) is 6.27. The molecular formula is C16H21N3O2. The molecule has 0 aromatic heterocycles. The molecule has 5 nitrogen and oxygen atoms in total. The van der Waals surface area contributed by atoms with Gasteiger partial charge >= 0.3 is 0 Å². The number of piperidine rings is 1. The highest BCUT2D eigenvalue weighted by Gasteiger charge is 2.32. The Hall–Kier alpha value is -1.88. The molecule has 2 heterocycles. The van der Waals surface area contributed by atoms with E-state index in [1.165, 1.54) is 0 Å². The Kier molecular flexibility index (Phi) is 4.20. The minimum Gasteiger partial charge on any atom is -0.347 e. The Morgan fingerprint density at radius 2 is 1.76 bits per heavy atom. The molecule has 2 aliphatic heterocycles. The van der Waals surface area contributed by atoms with E-state index in [1.807, 2.05) is 30.3 Å². The van der Waals surface area contributed by atoms with Crippen molar-refractivity contribution in [3.63, 3.8) is 0 Å². The molecule has 0 radical (unpaired) electrons. The van der Waals surface area contributed by atoms with Gasteiger partial charge in [0.15, 0.2) is 0 Å². The van der Waals surface area contributed by atoms with Gasteiger partial charge in [0.25, 0.3) is 0 Å². The van der Waals surface area contributed by atoms with Crippen LogP contribution >= 0.6 is 0 Å². The number of benzene rings is 1. The van der Waals surface area contributed by atoms with Gasteiger partial charge in [0, 0.05) is 6.04 Å². The second-order valence-corrected chi connectivity index (χ2v) is 5.74. The predicted molar refractivity (Wildman–Crippen MR) is 79.5 cm³/mol. The summed E-state index contributed by atoms with van der Waals surface area (Å²) in [5.41, 5.74) is 0.992. The molecule has 0 unspecified atom stereocenters. The molecule has 2 saturated heterocycles. The second-order valence-electron chi connectivity index (χ2n) is 5.74. The van der Waals surface area contributed by atoms with Crippen molar-refractivity contribution in [3.8, 4) is 0 Å². The molecule has 2 amide bonds. The van der Waals surface area contributed by atoms with E-state index in [0.29, 0.717) is 6.42 Å². The molecule has 0 bridgehead atoms. The van der Waals surface area contributed by atoms with Gasteiger partial charge in [-0.05, 0) is 31.5 Å². The van der Waals surface area contributed by atoms with Gasteiger partial charge in [0.2, 0.25) is 11.8 Å². The minimum absolute atomic E-state index is 0.0618. The van der Waals surface area contributed by atoms with E-state index < -0.39 is 0 Å². The van der Waals surface area contributed by atoms with Gasteiger partial charge in [-0.15, -0.1) is 0 Å². The van der Waals surface area contributed by atoms with Crippen molar-refractivity contribution in [3.05, 3.63) is 35.9 Å². The Morgan fingerprint density at radius 1 is 1.05 bits per heavy atom. The quantitative estimate of drug-likeness (QED) is 0.847. The zero-order valence-electron chi connectivity index (χ0n) is 12.0. The summed E-state index contributed by atoms with van der Waals surface area (Å²) in [6, 6.07) is 9.70. The normalized spacial score (nSPS) is 24.6. The highest BCUT2D eigenvalue weighted by molar-refractivity contribution is 5.88. The minimum atomic E-state index is -0.210. The van der Waals surface area contributed by atoms with Crippen molar-refractivity contribution in [2.75, 3.05) is 19.6 Å². The molecule has 2 aliphatic rings. The van der Waals surface area contributed by atoms with Crippen molar-refractivity contribution in [2.24, 2.45) is 0 Å². The Labute approximate surface area is 124 Å². The van der Waals surface area contributed by atoms with Gasteiger partial charge in [-0.1, -0.05) is 30.3 Å². The Morgan fingerprint density at radius 3 is 2.48 bits per heavy atom. The first-order valence-electron chi connectivity index (χ1n) is 7.58. The topological polar surface area (TPSA) is 61.4 Å². The first-order valence-corrected chi connectivity index (χ1v) is 7.58. The van der Waals surface area contributed by atoms with Crippen LogP contribution in [0.5, 0.6) is 0 Å². The number of nitrogens with zero attached hydrogens (tertiary/aromatic N) is 1.